The van der Waals surface area contributed by atoms with Crippen molar-refractivity contribution in [1.82, 2.24) is 9.88 Å². The van der Waals surface area contributed by atoms with E-state index in [9.17, 15) is 9.18 Å². The Morgan fingerprint density at radius 2 is 1.88 bits per heavy atom. The van der Waals surface area contributed by atoms with E-state index in [1.54, 1.807) is 41.3 Å². The van der Waals surface area contributed by atoms with Crippen molar-refractivity contribution in [2.75, 3.05) is 13.1 Å². The molecular formula is C20H18FN3O2. The van der Waals surface area contributed by atoms with Crippen molar-refractivity contribution in [2.24, 2.45) is 5.73 Å². The summed E-state index contributed by atoms with van der Waals surface area (Å²) in [6.07, 6.45) is 2.27. The minimum atomic E-state index is -0.384. The van der Waals surface area contributed by atoms with E-state index in [4.69, 9.17) is 10.2 Å². The third-order valence-corrected chi connectivity index (χ3v) is 4.54. The maximum Gasteiger partial charge on any atom is 0.254 e. The van der Waals surface area contributed by atoms with Gasteiger partial charge in [-0.05, 0) is 30.7 Å². The summed E-state index contributed by atoms with van der Waals surface area (Å²) in [5.74, 6) is 0.129. The smallest absolute Gasteiger partial charge is 0.254 e. The molecule has 0 radical (unpaired) electrons. The minimum absolute atomic E-state index is 0.0144. The van der Waals surface area contributed by atoms with E-state index in [0.717, 1.165) is 6.42 Å². The van der Waals surface area contributed by atoms with Crippen LogP contribution < -0.4 is 5.73 Å². The number of nitrogens with zero attached hydrogens (tertiary/aromatic N) is 2. The summed E-state index contributed by atoms with van der Waals surface area (Å²) < 4.78 is 19.7. The molecule has 0 saturated carbocycles. The largest absolute Gasteiger partial charge is 0.436 e. The van der Waals surface area contributed by atoms with Gasteiger partial charge < -0.3 is 15.1 Å². The summed E-state index contributed by atoms with van der Waals surface area (Å²) in [4.78, 5) is 18.9. The third-order valence-electron chi connectivity index (χ3n) is 4.54. The molecule has 0 bridgehead atoms. The van der Waals surface area contributed by atoms with E-state index >= 15 is 0 Å². The number of amides is 1. The SMILES string of the molecule is NC1CCN(C(=O)c2ccccc2-c2ncc(-c3ccccc3F)o2)C1. The lowest BCUT2D eigenvalue weighted by atomic mass is 10.1. The Morgan fingerprint density at radius 1 is 1.15 bits per heavy atom. The number of hydrogen-bond donors (Lipinski definition) is 1. The Bertz CT molecular complexity index is 953. The highest BCUT2D eigenvalue weighted by atomic mass is 19.1. The second-order valence-electron chi connectivity index (χ2n) is 6.36. The van der Waals surface area contributed by atoms with Gasteiger partial charge in [-0.2, -0.15) is 0 Å². The van der Waals surface area contributed by atoms with Gasteiger partial charge in [-0.3, -0.25) is 4.79 Å². The van der Waals surface area contributed by atoms with Crippen molar-refractivity contribution in [3.8, 4) is 22.8 Å². The van der Waals surface area contributed by atoms with Crippen LogP contribution in [0.2, 0.25) is 0 Å². The molecule has 132 valence electrons. The van der Waals surface area contributed by atoms with Crippen LogP contribution in [0.4, 0.5) is 4.39 Å². The van der Waals surface area contributed by atoms with Gasteiger partial charge in [-0.25, -0.2) is 9.37 Å². The van der Waals surface area contributed by atoms with Crippen molar-refractivity contribution in [3.05, 3.63) is 66.1 Å². The van der Waals surface area contributed by atoms with Crippen LogP contribution in [0.15, 0.2) is 59.1 Å². The lowest BCUT2D eigenvalue weighted by molar-refractivity contribution is 0.0791. The molecule has 1 aromatic heterocycles. The number of nitrogens with two attached hydrogens (primary N) is 1. The van der Waals surface area contributed by atoms with Crippen molar-refractivity contribution in [1.29, 1.82) is 0 Å². The number of carbonyl (C=O) groups is 1. The summed E-state index contributed by atoms with van der Waals surface area (Å²) in [7, 11) is 0. The highest BCUT2D eigenvalue weighted by molar-refractivity contribution is 6.00. The minimum Gasteiger partial charge on any atom is -0.436 e. The van der Waals surface area contributed by atoms with E-state index < -0.39 is 0 Å². The van der Waals surface area contributed by atoms with E-state index in [1.165, 1.54) is 12.3 Å². The Kier molecular flexibility index (Phi) is 4.26. The fourth-order valence-electron chi connectivity index (χ4n) is 3.18. The van der Waals surface area contributed by atoms with Crippen LogP contribution in [-0.4, -0.2) is 34.9 Å². The maximum atomic E-state index is 14.0. The standard InChI is InChI=1S/C20H18FN3O2/c21-17-8-4-3-7-16(17)18-11-23-19(26-18)14-5-1-2-6-15(14)20(25)24-10-9-13(22)12-24/h1-8,11,13H,9-10,12,22H2. The summed E-state index contributed by atoms with van der Waals surface area (Å²) in [6.45, 7) is 1.18. The van der Waals surface area contributed by atoms with E-state index in [1.807, 2.05) is 6.07 Å². The number of aromatic nitrogens is 1. The molecule has 2 heterocycles. The molecule has 1 saturated heterocycles. The Balaban J connectivity index is 1.69. The normalized spacial score (nSPS) is 16.8. The van der Waals surface area contributed by atoms with Crippen molar-refractivity contribution in [3.63, 3.8) is 0 Å². The Hall–Kier alpha value is -2.99. The molecule has 3 aromatic rings. The van der Waals surface area contributed by atoms with Gasteiger partial charge in [0.1, 0.15) is 5.82 Å². The van der Waals surface area contributed by atoms with Gasteiger partial charge in [0.05, 0.1) is 17.3 Å². The monoisotopic (exact) mass is 351 g/mol. The van der Waals surface area contributed by atoms with Gasteiger partial charge >= 0.3 is 0 Å². The Labute approximate surface area is 150 Å². The zero-order chi connectivity index (χ0) is 18.1. The zero-order valence-electron chi connectivity index (χ0n) is 14.1. The fraction of sp³-hybridized carbons (Fsp3) is 0.200. The van der Waals surface area contributed by atoms with Crippen LogP contribution in [0.25, 0.3) is 22.8 Å². The van der Waals surface area contributed by atoms with Gasteiger partial charge in [0.25, 0.3) is 5.91 Å². The van der Waals surface area contributed by atoms with Crippen molar-refractivity contribution >= 4 is 5.91 Å². The van der Waals surface area contributed by atoms with Crippen molar-refractivity contribution < 1.29 is 13.6 Å². The molecule has 2 aromatic carbocycles. The summed E-state index contributed by atoms with van der Waals surface area (Å²) in [5, 5.41) is 0. The van der Waals surface area contributed by atoms with E-state index in [2.05, 4.69) is 4.98 Å². The third kappa shape index (κ3) is 2.99. The number of halogens is 1. The van der Waals surface area contributed by atoms with Crippen LogP contribution in [0.3, 0.4) is 0 Å². The zero-order valence-corrected chi connectivity index (χ0v) is 14.1. The number of benzene rings is 2. The first-order valence-corrected chi connectivity index (χ1v) is 8.48. The molecule has 1 amide bonds. The number of rotatable bonds is 3. The van der Waals surface area contributed by atoms with Crippen LogP contribution in [0, 0.1) is 5.82 Å². The maximum absolute atomic E-state index is 14.0. The number of hydrogen-bond acceptors (Lipinski definition) is 4. The fourth-order valence-corrected chi connectivity index (χ4v) is 3.18. The first kappa shape index (κ1) is 16.5. The van der Waals surface area contributed by atoms with Gasteiger partial charge in [-0.1, -0.05) is 24.3 Å². The van der Waals surface area contributed by atoms with E-state index in [-0.39, 0.29) is 23.7 Å². The molecule has 6 heteroatoms. The average molecular weight is 351 g/mol. The van der Waals surface area contributed by atoms with E-state index in [0.29, 0.717) is 35.5 Å². The lowest BCUT2D eigenvalue weighted by Gasteiger charge is -2.17. The summed E-state index contributed by atoms with van der Waals surface area (Å²) in [6, 6.07) is 13.5. The van der Waals surface area contributed by atoms with Gasteiger partial charge in [0.2, 0.25) is 5.89 Å². The number of carbonyl (C=O) groups excluding carboxylic acids is 1. The molecule has 1 aliphatic rings. The predicted octanol–water partition coefficient (Wildman–Crippen LogP) is 3.32. The molecule has 1 atom stereocenters. The number of likely N-dealkylation sites (tertiary alicyclic amines) is 1. The summed E-state index contributed by atoms with van der Waals surface area (Å²) >= 11 is 0. The molecule has 1 fully saturated rings. The highest BCUT2D eigenvalue weighted by Gasteiger charge is 2.27. The van der Waals surface area contributed by atoms with Gasteiger partial charge in [0, 0.05) is 24.7 Å². The van der Waals surface area contributed by atoms with Crippen LogP contribution in [0.5, 0.6) is 0 Å². The molecule has 26 heavy (non-hydrogen) atoms. The molecule has 0 aliphatic carbocycles. The predicted molar refractivity (Wildman–Crippen MR) is 95.8 cm³/mol. The first-order valence-electron chi connectivity index (χ1n) is 8.48. The van der Waals surface area contributed by atoms with Gasteiger partial charge in [0.15, 0.2) is 5.76 Å². The average Bonchev–Trinajstić information content (AvgIpc) is 3.31. The summed E-state index contributed by atoms with van der Waals surface area (Å²) in [5.41, 5.74) is 7.33. The second-order valence-corrected chi connectivity index (χ2v) is 6.36. The Morgan fingerprint density at radius 3 is 2.62 bits per heavy atom. The highest BCUT2D eigenvalue weighted by Crippen LogP contribution is 2.30. The molecule has 0 spiro atoms. The number of oxazole rings is 1. The van der Waals surface area contributed by atoms with Crippen LogP contribution >= 0.6 is 0 Å². The molecule has 4 rings (SSSR count). The van der Waals surface area contributed by atoms with Gasteiger partial charge in [-0.15, -0.1) is 0 Å². The molecule has 1 unspecified atom stereocenters. The van der Waals surface area contributed by atoms with Crippen LogP contribution in [-0.2, 0) is 0 Å². The molecular weight excluding hydrogens is 333 g/mol. The lowest BCUT2D eigenvalue weighted by Crippen LogP contribution is -2.32. The molecule has 1 aliphatic heterocycles. The molecule has 2 N–H and O–H groups in total. The van der Waals surface area contributed by atoms with Crippen LogP contribution in [0.1, 0.15) is 16.8 Å². The first-order chi connectivity index (χ1) is 12.6. The second kappa shape index (κ2) is 6.72. The quantitative estimate of drug-likeness (QED) is 0.786. The topological polar surface area (TPSA) is 72.4 Å². The molecule has 5 nitrogen and oxygen atoms in total. The van der Waals surface area contributed by atoms with Crippen molar-refractivity contribution in [2.45, 2.75) is 12.5 Å².